The third kappa shape index (κ3) is 2.17. The van der Waals surface area contributed by atoms with Crippen molar-refractivity contribution in [2.75, 3.05) is 5.73 Å². The highest BCUT2D eigenvalue weighted by atomic mass is 32.2. The zero-order chi connectivity index (χ0) is 11.5. The molecule has 1 aromatic heterocycles. The standard InChI is InChI=1S/C10H9N3O2S/c11-8-5-6(1-2-7(8)9(14)15)16-10-12-3-4-13-10/h1-5H,11H2,(H,12,13)(H,14,15). The Morgan fingerprint density at radius 3 is 2.88 bits per heavy atom. The van der Waals surface area contributed by atoms with E-state index in [1.54, 1.807) is 24.5 Å². The van der Waals surface area contributed by atoms with Crippen molar-refractivity contribution in [1.29, 1.82) is 0 Å². The minimum atomic E-state index is -1.02. The highest BCUT2D eigenvalue weighted by Crippen LogP contribution is 2.27. The number of nitrogens with one attached hydrogen (secondary N) is 1. The van der Waals surface area contributed by atoms with Crippen LogP contribution in [0.25, 0.3) is 0 Å². The van der Waals surface area contributed by atoms with E-state index < -0.39 is 5.97 Å². The van der Waals surface area contributed by atoms with E-state index in [-0.39, 0.29) is 11.3 Å². The molecule has 0 spiro atoms. The van der Waals surface area contributed by atoms with Crippen LogP contribution in [0.3, 0.4) is 0 Å². The summed E-state index contributed by atoms with van der Waals surface area (Å²) in [5, 5.41) is 9.55. The SMILES string of the molecule is Nc1cc(Sc2ncc[nH]2)ccc1C(=O)O. The quantitative estimate of drug-likeness (QED) is 0.706. The van der Waals surface area contributed by atoms with Gasteiger partial charge in [-0.25, -0.2) is 9.78 Å². The van der Waals surface area contributed by atoms with Gasteiger partial charge in [0.25, 0.3) is 0 Å². The van der Waals surface area contributed by atoms with Crippen molar-refractivity contribution in [1.82, 2.24) is 9.97 Å². The summed E-state index contributed by atoms with van der Waals surface area (Å²) in [6.07, 6.45) is 3.37. The second kappa shape index (κ2) is 4.28. The molecule has 0 radical (unpaired) electrons. The minimum Gasteiger partial charge on any atom is -0.478 e. The van der Waals surface area contributed by atoms with Crippen LogP contribution in [0.4, 0.5) is 5.69 Å². The van der Waals surface area contributed by atoms with Crippen LogP contribution < -0.4 is 5.73 Å². The predicted molar refractivity (Wildman–Crippen MR) is 60.5 cm³/mol. The number of nitrogen functional groups attached to an aromatic ring is 1. The lowest BCUT2D eigenvalue weighted by Crippen LogP contribution is -2.01. The van der Waals surface area contributed by atoms with Crippen molar-refractivity contribution in [2.24, 2.45) is 0 Å². The number of aromatic nitrogens is 2. The molecule has 0 saturated carbocycles. The van der Waals surface area contributed by atoms with Gasteiger partial charge in [0.1, 0.15) is 0 Å². The number of carboxylic acid groups (broad SMARTS) is 1. The lowest BCUT2D eigenvalue weighted by Gasteiger charge is -2.03. The maximum atomic E-state index is 10.7. The van der Waals surface area contributed by atoms with Crippen LogP contribution in [0.1, 0.15) is 10.4 Å². The molecule has 0 amide bonds. The van der Waals surface area contributed by atoms with E-state index in [2.05, 4.69) is 9.97 Å². The zero-order valence-corrected chi connectivity index (χ0v) is 8.99. The number of anilines is 1. The van der Waals surface area contributed by atoms with Gasteiger partial charge in [0.2, 0.25) is 0 Å². The van der Waals surface area contributed by atoms with Gasteiger partial charge in [-0.3, -0.25) is 0 Å². The molecular weight excluding hydrogens is 226 g/mol. The molecule has 0 atom stereocenters. The molecule has 0 aliphatic rings. The largest absolute Gasteiger partial charge is 0.478 e. The summed E-state index contributed by atoms with van der Waals surface area (Å²) in [6.45, 7) is 0. The summed E-state index contributed by atoms with van der Waals surface area (Å²) in [5.74, 6) is -1.02. The summed E-state index contributed by atoms with van der Waals surface area (Å²) in [7, 11) is 0. The molecule has 0 bridgehead atoms. The first-order chi connectivity index (χ1) is 7.66. The maximum Gasteiger partial charge on any atom is 0.337 e. The van der Waals surface area contributed by atoms with E-state index >= 15 is 0 Å². The smallest absolute Gasteiger partial charge is 0.337 e. The number of benzene rings is 1. The van der Waals surface area contributed by atoms with E-state index in [0.29, 0.717) is 0 Å². The van der Waals surface area contributed by atoms with Crippen LogP contribution in [0.5, 0.6) is 0 Å². The van der Waals surface area contributed by atoms with Gasteiger partial charge in [-0.05, 0) is 18.2 Å². The minimum absolute atomic E-state index is 0.115. The fraction of sp³-hybridized carbons (Fsp3) is 0. The molecule has 4 N–H and O–H groups in total. The Morgan fingerprint density at radius 2 is 2.31 bits per heavy atom. The molecule has 2 rings (SSSR count). The van der Waals surface area contributed by atoms with Crippen molar-refractivity contribution in [3.8, 4) is 0 Å². The molecule has 6 heteroatoms. The molecule has 82 valence electrons. The van der Waals surface area contributed by atoms with Gasteiger partial charge >= 0.3 is 5.97 Å². The normalized spacial score (nSPS) is 10.2. The first kappa shape index (κ1) is 10.6. The van der Waals surface area contributed by atoms with Crippen molar-refractivity contribution < 1.29 is 9.90 Å². The van der Waals surface area contributed by atoms with E-state index in [9.17, 15) is 4.79 Å². The summed E-state index contributed by atoms with van der Waals surface area (Å²) >= 11 is 1.39. The molecule has 0 fully saturated rings. The van der Waals surface area contributed by atoms with Gasteiger partial charge < -0.3 is 15.8 Å². The van der Waals surface area contributed by atoms with E-state index in [4.69, 9.17) is 10.8 Å². The topological polar surface area (TPSA) is 92.0 Å². The van der Waals surface area contributed by atoms with Crippen molar-refractivity contribution >= 4 is 23.4 Å². The maximum absolute atomic E-state index is 10.7. The highest BCUT2D eigenvalue weighted by Gasteiger charge is 2.08. The third-order valence-corrected chi connectivity index (χ3v) is 2.85. The lowest BCUT2D eigenvalue weighted by molar-refractivity contribution is 0.0698. The van der Waals surface area contributed by atoms with Crippen LogP contribution in [0.15, 0.2) is 40.6 Å². The predicted octanol–water partition coefficient (Wildman–Crippen LogP) is 1.84. The van der Waals surface area contributed by atoms with Crippen molar-refractivity contribution in [3.63, 3.8) is 0 Å². The van der Waals surface area contributed by atoms with Crippen LogP contribution in [-0.4, -0.2) is 21.0 Å². The van der Waals surface area contributed by atoms with Gasteiger partial charge in [0.15, 0.2) is 5.16 Å². The summed E-state index contributed by atoms with van der Waals surface area (Å²) in [6, 6.07) is 4.81. The molecule has 5 nitrogen and oxygen atoms in total. The van der Waals surface area contributed by atoms with Gasteiger partial charge in [-0.1, -0.05) is 11.8 Å². The first-order valence-electron chi connectivity index (χ1n) is 4.47. The lowest BCUT2D eigenvalue weighted by atomic mass is 10.2. The Morgan fingerprint density at radius 1 is 1.50 bits per heavy atom. The Hall–Kier alpha value is -1.95. The fourth-order valence-electron chi connectivity index (χ4n) is 1.22. The number of carbonyl (C=O) groups is 1. The number of hydrogen-bond donors (Lipinski definition) is 3. The summed E-state index contributed by atoms with van der Waals surface area (Å²) in [4.78, 5) is 18.6. The molecule has 1 aromatic carbocycles. The second-order valence-corrected chi connectivity index (χ2v) is 4.11. The summed E-state index contributed by atoms with van der Waals surface area (Å²) in [5.41, 5.74) is 5.99. The Kier molecular flexibility index (Phi) is 2.82. The van der Waals surface area contributed by atoms with E-state index in [0.717, 1.165) is 10.1 Å². The molecule has 16 heavy (non-hydrogen) atoms. The number of rotatable bonds is 3. The first-order valence-corrected chi connectivity index (χ1v) is 5.28. The van der Waals surface area contributed by atoms with Crippen molar-refractivity contribution in [2.45, 2.75) is 10.1 Å². The number of H-pyrrole nitrogens is 1. The molecular formula is C10H9N3O2S. The molecule has 0 unspecified atom stereocenters. The number of hydrogen-bond acceptors (Lipinski definition) is 4. The molecule has 1 heterocycles. The van der Waals surface area contributed by atoms with Gasteiger partial charge in [0, 0.05) is 23.0 Å². The van der Waals surface area contributed by atoms with Gasteiger partial charge in [0.05, 0.1) is 5.56 Å². The molecule has 0 aliphatic carbocycles. The van der Waals surface area contributed by atoms with E-state index in [1.807, 2.05) is 0 Å². The Balaban J connectivity index is 2.24. The zero-order valence-electron chi connectivity index (χ0n) is 8.18. The number of carboxylic acids is 1. The van der Waals surface area contributed by atoms with Gasteiger partial charge in [-0.15, -0.1) is 0 Å². The molecule has 0 saturated heterocycles. The number of nitrogens with two attached hydrogens (primary N) is 1. The average molecular weight is 235 g/mol. The van der Waals surface area contributed by atoms with Gasteiger partial charge in [-0.2, -0.15) is 0 Å². The Bertz CT molecular complexity index is 511. The third-order valence-electron chi connectivity index (χ3n) is 1.94. The molecule has 2 aromatic rings. The van der Waals surface area contributed by atoms with Crippen LogP contribution in [0.2, 0.25) is 0 Å². The molecule has 0 aliphatic heterocycles. The number of aromatic carboxylic acids is 1. The van der Waals surface area contributed by atoms with Crippen LogP contribution in [-0.2, 0) is 0 Å². The summed E-state index contributed by atoms with van der Waals surface area (Å²) < 4.78 is 0. The number of aromatic amines is 1. The van der Waals surface area contributed by atoms with E-state index in [1.165, 1.54) is 17.8 Å². The average Bonchev–Trinajstić information content (AvgIpc) is 2.70. The monoisotopic (exact) mass is 235 g/mol. The van der Waals surface area contributed by atoms with Crippen molar-refractivity contribution in [3.05, 3.63) is 36.2 Å². The fourth-order valence-corrected chi connectivity index (χ4v) is 2.00. The number of nitrogens with zero attached hydrogens (tertiary/aromatic N) is 1. The van der Waals surface area contributed by atoms with Crippen LogP contribution in [0, 0.1) is 0 Å². The van der Waals surface area contributed by atoms with Crippen LogP contribution >= 0.6 is 11.8 Å². The highest BCUT2D eigenvalue weighted by molar-refractivity contribution is 7.99. The second-order valence-electron chi connectivity index (χ2n) is 3.05. The Labute approximate surface area is 95.7 Å². The number of imidazole rings is 1.